The number of rotatable bonds is 2. The quantitative estimate of drug-likeness (QED) is 0.891. The van der Waals surface area contributed by atoms with Crippen molar-refractivity contribution in [2.24, 2.45) is 5.73 Å². The third-order valence-electron chi connectivity index (χ3n) is 3.61. The van der Waals surface area contributed by atoms with Crippen LogP contribution in [0.1, 0.15) is 18.9 Å². The predicted molar refractivity (Wildman–Crippen MR) is 75.3 cm³/mol. The van der Waals surface area contributed by atoms with Gasteiger partial charge < -0.3 is 10.2 Å². The molecule has 3 rings (SSSR count). The van der Waals surface area contributed by atoms with E-state index in [-0.39, 0.29) is 5.41 Å². The number of hydrogen-bond donors (Lipinski definition) is 1. The lowest BCUT2D eigenvalue weighted by Gasteiger charge is -2.28. The Hall–Kier alpha value is -2.29. The van der Waals surface area contributed by atoms with E-state index in [1.165, 1.54) is 5.56 Å². The second kappa shape index (κ2) is 4.43. The molecular formula is C16H16N2O. The fourth-order valence-corrected chi connectivity index (χ4v) is 2.33. The zero-order chi connectivity index (χ0) is 13.3. The molecule has 1 atom stereocenters. The first-order valence-electron chi connectivity index (χ1n) is 6.33. The molecule has 3 nitrogen and oxygen atoms in total. The monoisotopic (exact) mass is 252 g/mol. The molecular weight excluding hydrogens is 236 g/mol. The third-order valence-corrected chi connectivity index (χ3v) is 3.61. The number of aromatic nitrogens is 1. The van der Waals surface area contributed by atoms with Crippen molar-refractivity contribution in [3.63, 3.8) is 0 Å². The average Bonchev–Trinajstić information content (AvgIpc) is 2.97. The second-order valence-corrected chi connectivity index (χ2v) is 5.08. The Labute approximate surface area is 112 Å². The molecule has 0 amide bonds. The smallest absolute Gasteiger partial charge is 0.225 e. The van der Waals surface area contributed by atoms with Gasteiger partial charge in [0.25, 0.3) is 0 Å². The maximum Gasteiger partial charge on any atom is 0.225 e. The predicted octanol–water partition coefficient (Wildman–Crippen LogP) is 3.40. The summed E-state index contributed by atoms with van der Waals surface area (Å²) in [5, 5.41) is 0. The molecule has 0 aliphatic heterocycles. The van der Waals surface area contributed by atoms with E-state index in [0.717, 1.165) is 17.7 Å². The van der Waals surface area contributed by atoms with E-state index in [9.17, 15) is 0 Å². The molecule has 2 aromatic rings. The van der Waals surface area contributed by atoms with Crippen LogP contribution in [0.3, 0.4) is 0 Å². The number of oxazole rings is 1. The van der Waals surface area contributed by atoms with E-state index in [2.05, 4.69) is 36.2 Å². The maximum atomic E-state index is 5.79. The van der Waals surface area contributed by atoms with Crippen molar-refractivity contribution in [1.29, 1.82) is 0 Å². The third kappa shape index (κ3) is 2.19. The summed E-state index contributed by atoms with van der Waals surface area (Å²) in [6, 6.07) is 8.31. The fourth-order valence-electron chi connectivity index (χ4n) is 2.33. The highest BCUT2D eigenvalue weighted by molar-refractivity contribution is 5.56. The molecule has 1 aliphatic carbocycles. The van der Waals surface area contributed by atoms with Crippen molar-refractivity contribution < 1.29 is 4.42 Å². The standard InChI is InChI=1S/C16H16N2O/c1-16(7-5-14(17)6-8-16)13-4-2-3-12(11-13)15-18-9-10-19-15/h2-7,9-11H,8,17H2,1H3. The molecule has 1 heterocycles. The Bertz CT molecular complexity index is 641. The lowest BCUT2D eigenvalue weighted by Crippen LogP contribution is -2.21. The number of hydrogen-bond acceptors (Lipinski definition) is 3. The summed E-state index contributed by atoms with van der Waals surface area (Å²) < 4.78 is 5.35. The topological polar surface area (TPSA) is 52.0 Å². The molecule has 1 aromatic heterocycles. The van der Waals surface area contributed by atoms with Gasteiger partial charge in [-0.3, -0.25) is 0 Å². The Morgan fingerprint density at radius 3 is 2.95 bits per heavy atom. The lowest BCUT2D eigenvalue weighted by atomic mass is 9.76. The van der Waals surface area contributed by atoms with Crippen molar-refractivity contribution in [2.75, 3.05) is 0 Å². The van der Waals surface area contributed by atoms with Crippen LogP contribution >= 0.6 is 0 Å². The van der Waals surface area contributed by atoms with Gasteiger partial charge >= 0.3 is 0 Å². The highest BCUT2D eigenvalue weighted by Gasteiger charge is 2.25. The number of nitrogens with zero attached hydrogens (tertiary/aromatic N) is 1. The van der Waals surface area contributed by atoms with Gasteiger partial charge in [-0.25, -0.2) is 4.98 Å². The Morgan fingerprint density at radius 1 is 1.37 bits per heavy atom. The summed E-state index contributed by atoms with van der Waals surface area (Å²) in [6.45, 7) is 2.21. The van der Waals surface area contributed by atoms with Gasteiger partial charge in [0.05, 0.1) is 6.20 Å². The van der Waals surface area contributed by atoms with Crippen molar-refractivity contribution in [1.82, 2.24) is 4.98 Å². The minimum atomic E-state index is -0.0223. The normalized spacial score (nSPS) is 22.3. The number of benzene rings is 1. The summed E-state index contributed by atoms with van der Waals surface area (Å²) in [6.07, 6.45) is 10.4. The summed E-state index contributed by atoms with van der Waals surface area (Å²) in [4.78, 5) is 4.19. The van der Waals surface area contributed by atoms with Crippen LogP contribution in [0.5, 0.6) is 0 Å². The highest BCUT2D eigenvalue weighted by Crippen LogP contribution is 2.34. The summed E-state index contributed by atoms with van der Waals surface area (Å²) >= 11 is 0. The van der Waals surface area contributed by atoms with Gasteiger partial charge in [0, 0.05) is 16.7 Å². The summed E-state index contributed by atoms with van der Waals surface area (Å²) in [7, 11) is 0. The van der Waals surface area contributed by atoms with E-state index < -0.39 is 0 Å². The molecule has 0 spiro atoms. The van der Waals surface area contributed by atoms with Gasteiger partial charge in [-0.15, -0.1) is 0 Å². The second-order valence-electron chi connectivity index (χ2n) is 5.08. The van der Waals surface area contributed by atoms with Crippen molar-refractivity contribution >= 4 is 0 Å². The van der Waals surface area contributed by atoms with E-state index in [4.69, 9.17) is 10.2 Å². The molecule has 0 radical (unpaired) electrons. The lowest BCUT2D eigenvalue weighted by molar-refractivity contribution is 0.572. The van der Waals surface area contributed by atoms with E-state index >= 15 is 0 Å². The Morgan fingerprint density at radius 2 is 2.26 bits per heavy atom. The first-order chi connectivity index (χ1) is 9.17. The van der Waals surface area contributed by atoms with E-state index in [1.54, 1.807) is 12.5 Å². The number of allylic oxidation sites excluding steroid dienone is 3. The van der Waals surface area contributed by atoms with Crippen LogP contribution < -0.4 is 5.73 Å². The molecule has 0 saturated carbocycles. The van der Waals surface area contributed by atoms with Crippen molar-refractivity contribution in [2.45, 2.75) is 18.8 Å². The first-order valence-corrected chi connectivity index (χ1v) is 6.33. The molecule has 0 saturated heterocycles. The zero-order valence-electron chi connectivity index (χ0n) is 10.8. The molecule has 19 heavy (non-hydrogen) atoms. The zero-order valence-corrected chi connectivity index (χ0v) is 10.8. The molecule has 96 valence electrons. The van der Waals surface area contributed by atoms with Crippen molar-refractivity contribution in [3.8, 4) is 11.5 Å². The molecule has 1 aromatic carbocycles. The van der Waals surface area contributed by atoms with Crippen LogP contribution in [-0.4, -0.2) is 4.98 Å². The van der Waals surface area contributed by atoms with Crippen LogP contribution in [-0.2, 0) is 5.41 Å². The van der Waals surface area contributed by atoms with Gasteiger partial charge in [0.2, 0.25) is 5.89 Å². The van der Waals surface area contributed by atoms with Gasteiger partial charge in [0.15, 0.2) is 0 Å². The minimum absolute atomic E-state index is 0.0223. The van der Waals surface area contributed by atoms with Crippen molar-refractivity contribution in [3.05, 3.63) is 66.2 Å². The molecule has 0 bridgehead atoms. The molecule has 3 heteroatoms. The van der Waals surface area contributed by atoms with E-state index in [1.807, 2.05) is 18.2 Å². The Balaban J connectivity index is 1.99. The van der Waals surface area contributed by atoms with Gasteiger partial charge in [-0.1, -0.05) is 31.2 Å². The highest BCUT2D eigenvalue weighted by atomic mass is 16.3. The van der Waals surface area contributed by atoms with E-state index in [0.29, 0.717) is 5.89 Å². The molecule has 1 aliphatic rings. The summed E-state index contributed by atoms with van der Waals surface area (Å²) in [5.74, 6) is 0.653. The summed E-state index contributed by atoms with van der Waals surface area (Å²) in [5.41, 5.74) is 8.84. The first kappa shape index (κ1) is 11.8. The van der Waals surface area contributed by atoms with Crippen LogP contribution in [0.25, 0.3) is 11.5 Å². The SMILES string of the molecule is CC1(c2cccc(-c3ncco3)c2)C=CC(N)=CC1. The van der Waals surface area contributed by atoms with Crippen LogP contribution in [0, 0.1) is 0 Å². The van der Waals surface area contributed by atoms with Crippen LogP contribution in [0.4, 0.5) is 0 Å². The minimum Gasteiger partial charge on any atom is -0.445 e. The Kier molecular flexibility index (Phi) is 2.75. The van der Waals surface area contributed by atoms with Crippen LogP contribution in [0.2, 0.25) is 0 Å². The largest absolute Gasteiger partial charge is 0.445 e. The van der Waals surface area contributed by atoms with Gasteiger partial charge in [0.1, 0.15) is 6.26 Å². The molecule has 2 N–H and O–H groups in total. The van der Waals surface area contributed by atoms with Crippen LogP contribution in [0.15, 0.2) is 65.1 Å². The average molecular weight is 252 g/mol. The molecule has 0 fully saturated rings. The number of nitrogens with two attached hydrogens (primary N) is 1. The maximum absolute atomic E-state index is 5.79. The van der Waals surface area contributed by atoms with Gasteiger partial charge in [-0.2, -0.15) is 0 Å². The fraction of sp³-hybridized carbons (Fsp3) is 0.188. The van der Waals surface area contributed by atoms with Gasteiger partial charge in [-0.05, 0) is 30.2 Å². The molecule has 1 unspecified atom stereocenters.